The van der Waals surface area contributed by atoms with Crippen LogP contribution in [-0.2, 0) is 6.42 Å². The van der Waals surface area contributed by atoms with Crippen LogP contribution in [0.3, 0.4) is 0 Å². The van der Waals surface area contributed by atoms with Crippen LogP contribution >= 0.6 is 11.3 Å². The van der Waals surface area contributed by atoms with Gasteiger partial charge in [0, 0.05) is 30.6 Å². The molecule has 0 fully saturated rings. The molecule has 0 radical (unpaired) electrons. The zero-order valence-electron chi connectivity index (χ0n) is 16.4. The third kappa shape index (κ3) is 6.15. The maximum absolute atomic E-state index is 10.6. The molecular weight excluding hydrogens is 362 g/mol. The Morgan fingerprint density at radius 1 is 1.30 bits per heavy atom. The van der Waals surface area contributed by atoms with E-state index in [2.05, 4.69) is 32.7 Å². The summed E-state index contributed by atoms with van der Waals surface area (Å²) in [5.74, 6) is 2.07. The van der Waals surface area contributed by atoms with Crippen molar-refractivity contribution in [1.29, 1.82) is 0 Å². The minimum absolute atomic E-state index is 0.231. The summed E-state index contributed by atoms with van der Waals surface area (Å²) in [6, 6.07) is 9.59. The van der Waals surface area contributed by atoms with Gasteiger partial charge in [0.25, 0.3) is 0 Å². The number of benzene rings is 1. The SMILES string of the molecule is CCNC(=NCC(O)c1cc(OC)ccc1OC)N(C)CCc1cccs1. The van der Waals surface area contributed by atoms with E-state index < -0.39 is 6.10 Å². The predicted molar refractivity (Wildman–Crippen MR) is 111 cm³/mol. The van der Waals surface area contributed by atoms with Gasteiger partial charge in [-0.3, -0.25) is 4.99 Å². The van der Waals surface area contributed by atoms with Gasteiger partial charge in [0.1, 0.15) is 17.6 Å². The molecule has 148 valence electrons. The van der Waals surface area contributed by atoms with Crippen LogP contribution in [0.2, 0.25) is 0 Å². The van der Waals surface area contributed by atoms with Crippen LogP contribution in [0.1, 0.15) is 23.5 Å². The Bertz CT molecular complexity index is 719. The van der Waals surface area contributed by atoms with Gasteiger partial charge < -0.3 is 24.8 Å². The highest BCUT2D eigenvalue weighted by atomic mass is 32.1. The van der Waals surface area contributed by atoms with E-state index in [0.29, 0.717) is 17.1 Å². The highest BCUT2D eigenvalue weighted by Crippen LogP contribution is 2.29. The lowest BCUT2D eigenvalue weighted by Gasteiger charge is -2.22. The van der Waals surface area contributed by atoms with Gasteiger partial charge in [-0.25, -0.2) is 0 Å². The van der Waals surface area contributed by atoms with E-state index in [4.69, 9.17) is 9.47 Å². The molecule has 1 atom stereocenters. The summed E-state index contributed by atoms with van der Waals surface area (Å²) in [6.07, 6.45) is 0.180. The smallest absolute Gasteiger partial charge is 0.193 e. The monoisotopic (exact) mass is 391 g/mol. The first-order valence-corrected chi connectivity index (χ1v) is 9.88. The predicted octanol–water partition coefficient (Wildman–Crippen LogP) is 2.94. The molecule has 2 N–H and O–H groups in total. The van der Waals surface area contributed by atoms with Crippen LogP contribution in [0.5, 0.6) is 11.5 Å². The lowest BCUT2D eigenvalue weighted by molar-refractivity contribution is 0.181. The fourth-order valence-electron chi connectivity index (χ4n) is 2.68. The molecule has 0 aliphatic rings. The van der Waals surface area contributed by atoms with Gasteiger partial charge in [-0.05, 0) is 43.0 Å². The summed E-state index contributed by atoms with van der Waals surface area (Å²) in [5, 5.41) is 16.0. The lowest BCUT2D eigenvalue weighted by atomic mass is 10.1. The molecule has 2 rings (SSSR count). The summed E-state index contributed by atoms with van der Waals surface area (Å²) in [7, 11) is 5.19. The van der Waals surface area contributed by atoms with E-state index >= 15 is 0 Å². The molecule has 7 heteroatoms. The second-order valence-corrected chi connectivity index (χ2v) is 7.10. The number of thiophene rings is 1. The number of ether oxygens (including phenoxy) is 2. The van der Waals surface area contributed by atoms with E-state index in [0.717, 1.165) is 25.5 Å². The second kappa shape index (κ2) is 10.8. The van der Waals surface area contributed by atoms with Crippen molar-refractivity contribution in [2.24, 2.45) is 4.99 Å². The Balaban J connectivity index is 2.06. The third-order valence-electron chi connectivity index (χ3n) is 4.18. The van der Waals surface area contributed by atoms with Gasteiger partial charge in [0.05, 0.1) is 20.8 Å². The molecule has 6 nitrogen and oxygen atoms in total. The van der Waals surface area contributed by atoms with Crippen LogP contribution in [0.25, 0.3) is 0 Å². The maximum Gasteiger partial charge on any atom is 0.193 e. The van der Waals surface area contributed by atoms with Gasteiger partial charge in [-0.1, -0.05) is 6.07 Å². The lowest BCUT2D eigenvalue weighted by Crippen LogP contribution is -2.40. The molecule has 0 bridgehead atoms. The fraction of sp³-hybridized carbons (Fsp3) is 0.450. The van der Waals surface area contributed by atoms with Crippen LogP contribution in [0.4, 0.5) is 0 Å². The average Bonchev–Trinajstić information content (AvgIpc) is 3.22. The number of nitrogens with zero attached hydrogens (tertiary/aromatic N) is 2. The maximum atomic E-state index is 10.6. The van der Waals surface area contributed by atoms with E-state index in [1.807, 2.05) is 14.0 Å². The molecule has 0 spiro atoms. The van der Waals surface area contributed by atoms with Gasteiger partial charge in [0.15, 0.2) is 5.96 Å². The molecule has 0 aliphatic carbocycles. The highest BCUT2D eigenvalue weighted by molar-refractivity contribution is 7.09. The number of likely N-dealkylation sites (N-methyl/N-ethyl adjacent to an activating group) is 1. The summed E-state index contributed by atoms with van der Waals surface area (Å²) in [4.78, 5) is 8.04. The fourth-order valence-corrected chi connectivity index (χ4v) is 3.38. The molecule has 0 saturated heterocycles. The first kappa shape index (κ1) is 21.1. The Kier molecular flexibility index (Phi) is 8.42. The van der Waals surface area contributed by atoms with Crippen LogP contribution < -0.4 is 14.8 Å². The molecule has 1 aromatic heterocycles. The largest absolute Gasteiger partial charge is 0.497 e. The number of aliphatic hydroxyl groups excluding tert-OH is 1. The van der Waals surface area contributed by atoms with E-state index in [9.17, 15) is 5.11 Å². The molecule has 0 amide bonds. The molecule has 1 aromatic carbocycles. The first-order valence-electron chi connectivity index (χ1n) is 9.00. The van der Waals surface area contributed by atoms with Gasteiger partial charge >= 0.3 is 0 Å². The third-order valence-corrected chi connectivity index (χ3v) is 5.12. The van der Waals surface area contributed by atoms with E-state index in [1.165, 1.54) is 4.88 Å². The number of methoxy groups -OCH3 is 2. The average molecular weight is 392 g/mol. The molecule has 1 unspecified atom stereocenters. The quantitative estimate of drug-likeness (QED) is 0.508. The molecule has 1 heterocycles. The zero-order valence-corrected chi connectivity index (χ0v) is 17.3. The Morgan fingerprint density at radius 2 is 2.11 bits per heavy atom. The van der Waals surface area contributed by atoms with Crippen molar-refractivity contribution in [3.8, 4) is 11.5 Å². The number of aliphatic hydroxyl groups is 1. The number of guanidine groups is 1. The van der Waals surface area contributed by atoms with Crippen molar-refractivity contribution in [3.63, 3.8) is 0 Å². The second-order valence-electron chi connectivity index (χ2n) is 6.07. The van der Waals surface area contributed by atoms with E-state index in [-0.39, 0.29) is 6.54 Å². The summed E-state index contributed by atoms with van der Waals surface area (Å²) >= 11 is 1.76. The number of hydrogen-bond acceptors (Lipinski definition) is 5. The van der Waals surface area contributed by atoms with Crippen molar-refractivity contribution in [2.75, 3.05) is 40.9 Å². The van der Waals surface area contributed by atoms with Crippen LogP contribution in [0.15, 0.2) is 40.7 Å². The van der Waals surface area contributed by atoms with Crippen LogP contribution in [0, 0.1) is 0 Å². The van der Waals surface area contributed by atoms with E-state index in [1.54, 1.807) is 43.8 Å². The number of nitrogens with one attached hydrogen (secondary N) is 1. The Labute approximate surface area is 165 Å². The standard InChI is InChI=1S/C20H29N3O3S/c1-5-21-20(23(2)11-10-16-7-6-12-27-16)22-14-18(24)17-13-15(25-3)8-9-19(17)26-4/h6-9,12-13,18,24H,5,10-11,14H2,1-4H3,(H,21,22). The normalized spacial score (nSPS) is 12.6. The topological polar surface area (TPSA) is 66.3 Å². The molecular formula is C20H29N3O3S. The minimum Gasteiger partial charge on any atom is -0.497 e. The zero-order chi connectivity index (χ0) is 19.6. The van der Waals surface area contributed by atoms with Crippen molar-refractivity contribution >= 4 is 17.3 Å². The molecule has 0 saturated carbocycles. The van der Waals surface area contributed by atoms with Gasteiger partial charge in [-0.2, -0.15) is 0 Å². The summed E-state index contributed by atoms with van der Waals surface area (Å²) < 4.78 is 10.6. The Hall–Kier alpha value is -2.25. The molecule has 27 heavy (non-hydrogen) atoms. The molecule has 2 aromatic rings. The van der Waals surface area contributed by atoms with Crippen molar-refractivity contribution < 1.29 is 14.6 Å². The number of hydrogen-bond donors (Lipinski definition) is 2. The summed E-state index contributed by atoms with van der Waals surface area (Å²) in [5.41, 5.74) is 0.665. The summed E-state index contributed by atoms with van der Waals surface area (Å²) in [6.45, 7) is 3.88. The van der Waals surface area contributed by atoms with Crippen molar-refractivity contribution in [2.45, 2.75) is 19.4 Å². The highest BCUT2D eigenvalue weighted by Gasteiger charge is 2.15. The number of aliphatic imine (C=N–C) groups is 1. The minimum atomic E-state index is -0.783. The van der Waals surface area contributed by atoms with Gasteiger partial charge in [0.2, 0.25) is 0 Å². The van der Waals surface area contributed by atoms with Crippen LogP contribution in [-0.4, -0.2) is 56.9 Å². The van der Waals surface area contributed by atoms with Gasteiger partial charge in [-0.15, -0.1) is 11.3 Å². The molecule has 0 aliphatic heterocycles. The first-order chi connectivity index (χ1) is 13.1. The van der Waals surface area contributed by atoms with Crippen molar-refractivity contribution in [3.05, 3.63) is 46.2 Å². The van der Waals surface area contributed by atoms with Crippen molar-refractivity contribution in [1.82, 2.24) is 10.2 Å². The Morgan fingerprint density at radius 3 is 2.74 bits per heavy atom. The number of rotatable bonds is 9.